The number of anilines is 1. The zero-order valence-corrected chi connectivity index (χ0v) is 16.3. The number of amides is 1. The SMILES string of the molecule is CCCc1nc(N2CCOCC2)cc(C)c1OC(=O)NCc1ccc(F)cc1. The monoisotopic (exact) mass is 387 g/mol. The number of carbonyl (C=O) groups excluding carboxylic acids is 1. The number of halogens is 1. The first-order valence-electron chi connectivity index (χ1n) is 9.60. The Balaban J connectivity index is 1.70. The third-order valence-corrected chi connectivity index (χ3v) is 4.58. The largest absolute Gasteiger partial charge is 0.412 e. The summed E-state index contributed by atoms with van der Waals surface area (Å²) in [6, 6.07) is 7.93. The molecular weight excluding hydrogens is 361 g/mol. The number of benzene rings is 1. The first kappa shape index (κ1) is 20.1. The maximum atomic E-state index is 13.0. The van der Waals surface area contributed by atoms with E-state index in [0.717, 1.165) is 48.6 Å². The van der Waals surface area contributed by atoms with Gasteiger partial charge in [0.1, 0.15) is 11.6 Å². The molecule has 3 rings (SSSR count). The molecule has 0 radical (unpaired) electrons. The van der Waals surface area contributed by atoms with Crippen LogP contribution < -0.4 is 15.0 Å². The number of morpholine rings is 1. The maximum absolute atomic E-state index is 13.0. The van der Waals surface area contributed by atoms with E-state index in [-0.39, 0.29) is 12.4 Å². The minimum Gasteiger partial charge on any atom is -0.408 e. The van der Waals surface area contributed by atoms with Gasteiger partial charge in [-0.3, -0.25) is 0 Å². The van der Waals surface area contributed by atoms with E-state index in [9.17, 15) is 9.18 Å². The summed E-state index contributed by atoms with van der Waals surface area (Å²) in [5.41, 5.74) is 2.45. The number of pyridine rings is 1. The standard InChI is InChI=1S/C21H26FN3O3/c1-3-4-18-20(15(2)13-19(24-18)25-9-11-27-12-10-25)28-21(26)23-14-16-5-7-17(22)8-6-16/h5-8,13H,3-4,9-12,14H2,1-2H3,(H,23,26). The zero-order valence-electron chi connectivity index (χ0n) is 16.3. The maximum Gasteiger partial charge on any atom is 0.412 e. The molecule has 0 saturated carbocycles. The molecule has 1 fully saturated rings. The smallest absolute Gasteiger partial charge is 0.408 e. The highest BCUT2D eigenvalue weighted by Gasteiger charge is 2.19. The second-order valence-electron chi connectivity index (χ2n) is 6.79. The van der Waals surface area contributed by atoms with Crippen molar-refractivity contribution in [1.82, 2.24) is 10.3 Å². The number of ether oxygens (including phenoxy) is 2. The van der Waals surface area contributed by atoms with Gasteiger partial charge in [-0.05, 0) is 42.7 Å². The number of aryl methyl sites for hydroxylation is 2. The number of carbonyl (C=O) groups is 1. The molecule has 2 aromatic rings. The minimum atomic E-state index is -0.550. The van der Waals surface area contributed by atoms with Crippen molar-refractivity contribution in [2.24, 2.45) is 0 Å². The summed E-state index contributed by atoms with van der Waals surface area (Å²) in [6.45, 7) is 7.24. The fraction of sp³-hybridized carbons (Fsp3) is 0.429. The molecule has 28 heavy (non-hydrogen) atoms. The van der Waals surface area contributed by atoms with Crippen LogP contribution in [0, 0.1) is 12.7 Å². The first-order chi connectivity index (χ1) is 13.6. The van der Waals surface area contributed by atoms with Gasteiger partial charge in [0, 0.05) is 19.6 Å². The molecule has 0 aliphatic carbocycles. The topological polar surface area (TPSA) is 63.7 Å². The van der Waals surface area contributed by atoms with Crippen LogP contribution in [0.15, 0.2) is 30.3 Å². The average Bonchev–Trinajstić information content (AvgIpc) is 2.71. The Kier molecular flexibility index (Phi) is 6.81. The van der Waals surface area contributed by atoms with Gasteiger partial charge < -0.3 is 19.7 Å². The summed E-state index contributed by atoms with van der Waals surface area (Å²) in [4.78, 5) is 19.2. The van der Waals surface area contributed by atoms with Crippen LogP contribution in [0.2, 0.25) is 0 Å². The van der Waals surface area contributed by atoms with Crippen molar-refractivity contribution in [3.05, 3.63) is 53.0 Å². The van der Waals surface area contributed by atoms with E-state index in [0.29, 0.717) is 19.0 Å². The van der Waals surface area contributed by atoms with Crippen LogP contribution >= 0.6 is 0 Å². The van der Waals surface area contributed by atoms with Crippen LogP contribution in [0.4, 0.5) is 15.0 Å². The lowest BCUT2D eigenvalue weighted by Crippen LogP contribution is -2.37. The van der Waals surface area contributed by atoms with E-state index >= 15 is 0 Å². The molecule has 0 unspecified atom stereocenters. The molecular formula is C21H26FN3O3. The Labute approximate surface area is 164 Å². The molecule has 1 saturated heterocycles. The molecule has 0 bridgehead atoms. The third kappa shape index (κ3) is 5.19. The van der Waals surface area contributed by atoms with E-state index in [1.807, 2.05) is 13.0 Å². The third-order valence-electron chi connectivity index (χ3n) is 4.58. The Bertz CT molecular complexity index is 805. The highest BCUT2D eigenvalue weighted by atomic mass is 19.1. The number of aromatic nitrogens is 1. The predicted molar refractivity (Wildman–Crippen MR) is 105 cm³/mol. The van der Waals surface area contributed by atoms with Gasteiger partial charge in [-0.2, -0.15) is 0 Å². The predicted octanol–water partition coefficient (Wildman–Crippen LogP) is 3.61. The van der Waals surface area contributed by atoms with E-state index in [1.54, 1.807) is 12.1 Å². The number of nitrogens with one attached hydrogen (secondary N) is 1. The van der Waals surface area contributed by atoms with Crippen molar-refractivity contribution in [3.8, 4) is 5.75 Å². The molecule has 150 valence electrons. The lowest BCUT2D eigenvalue weighted by atomic mass is 10.1. The van der Waals surface area contributed by atoms with Crippen molar-refractivity contribution < 1.29 is 18.7 Å². The molecule has 1 aliphatic rings. The van der Waals surface area contributed by atoms with Crippen molar-refractivity contribution in [2.45, 2.75) is 33.2 Å². The first-order valence-corrected chi connectivity index (χ1v) is 9.60. The average molecular weight is 387 g/mol. The van der Waals surface area contributed by atoms with Gasteiger partial charge in [0.2, 0.25) is 0 Å². The van der Waals surface area contributed by atoms with Crippen LogP contribution in [0.25, 0.3) is 0 Å². The van der Waals surface area contributed by atoms with Gasteiger partial charge in [-0.15, -0.1) is 0 Å². The molecule has 0 atom stereocenters. The number of nitrogens with zero attached hydrogens (tertiary/aromatic N) is 2. The molecule has 6 nitrogen and oxygen atoms in total. The van der Waals surface area contributed by atoms with Crippen molar-refractivity contribution in [1.29, 1.82) is 0 Å². The fourth-order valence-corrected chi connectivity index (χ4v) is 3.11. The summed E-state index contributed by atoms with van der Waals surface area (Å²) in [6.07, 6.45) is 1.07. The van der Waals surface area contributed by atoms with Crippen LogP contribution in [-0.4, -0.2) is 37.4 Å². The van der Waals surface area contributed by atoms with Crippen molar-refractivity contribution in [2.75, 3.05) is 31.2 Å². The lowest BCUT2D eigenvalue weighted by molar-refractivity contribution is 0.122. The van der Waals surface area contributed by atoms with E-state index in [4.69, 9.17) is 14.5 Å². The summed E-state index contributed by atoms with van der Waals surface area (Å²) < 4.78 is 24.0. The lowest BCUT2D eigenvalue weighted by Gasteiger charge is -2.29. The fourth-order valence-electron chi connectivity index (χ4n) is 3.11. The van der Waals surface area contributed by atoms with Crippen LogP contribution in [0.3, 0.4) is 0 Å². The normalized spacial score (nSPS) is 14.0. The van der Waals surface area contributed by atoms with Gasteiger partial charge in [-0.25, -0.2) is 14.2 Å². The van der Waals surface area contributed by atoms with Crippen molar-refractivity contribution in [3.63, 3.8) is 0 Å². The van der Waals surface area contributed by atoms with Gasteiger partial charge in [0.25, 0.3) is 0 Å². The molecule has 1 aromatic heterocycles. The van der Waals surface area contributed by atoms with Crippen LogP contribution in [-0.2, 0) is 17.7 Å². The van der Waals surface area contributed by atoms with Gasteiger partial charge in [-0.1, -0.05) is 25.5 Å². The molecule has 2 heterocycles. The molecule has 0 spiro atoms. The van der Waals surface area contributed by atoms with E-state index in [2.05, 4.69) is 17.1 Å². The summed E-state index contributed by atoms with van der Waals surface area (Å²) in [5.74, 6) is 1.09. The number of hydrogen-bond acceptors (Lipinski definition) is 5. The second kappa shape index (κ2) is 9.50. The molecule has 1 aromatic carbocycles. The van der Waals surface area contributed by atoms with Gasteiger partial charge >= 0.3 is 6.09 Å². The Hall–Kier alpha value is -2.67. The summed E-state index contributed by atoms with van der Waals surface area (Å²) >= 11 is 0. The Morgan fingerprint density at radius 3 is 2.68 bits per heavy atom. The van der Waals surface area contributed by atoms with Crippen LogP contribution in [0.1, 0.15) is 30.2 Å². The molecule has 1 aliphatic heterocycles. The zero-order chi connectivity index (χ0) is 19.9. The summed E-state index contributed by atoms with van der Waals surface area (Å²) in [5, 5.41) is 2.70. The summed E-state index contributed by atoms with van der Waals surface area (Å²) in [7, 11) is 0. The number of rotatable bonds is 6. The van der Waals surface area contributed by atoms with E-state index < -0.39 is 6.09 Å². The van der Waals surface area contributed by atoms with Gasteiger partial charge in [0.05, 0.1) is 18.9 Å². The molecule has 7 heteroatoms. The highest BCUT2D eigenvalue weighted by Crippen LogP contribution is 2.28. The van der Waals surface area contributed by atoms with Crippen LogP contribution in [0.5, 0.6) is 5.75 Å². The Morgan fingerprint density at radius 2 is 2.00 bits per heavy atom. The Morgan fingerprint density at radius 1 is 1.29 bits per heavy atom. The minimum absolute atomic E-state index is 0.264. The second-order valence-corrected chi connectivity index (χ2v) is 6.79. The number of hydrogen-bond donors (Lipinski definition) is 1. The molecule has 1 N–H and O–H groups in total. The highest BCUT2D eigenvalue weighted by molar-refractivity contribution is 5.71. The quantitative estimate of drug-likeness (QED) is 0.820. The molecule has 1 amide bonds. The van der Waals surface area contributed by atoms with E-state index in [1.165, 1.54) is 12.1 Å². The van der Waals surface area contributed by atoms with Crippen molar-refractivity contribution >= 4 is 11.9 Å². The van der Waals surface area contributed by atoms with Gasteiger partial charge in [0.15, 0.2) is 5.75 Å².